The van der Waals surface area contributed by atoms with Crippen molar-refractivity contribution < 1.29 is 19.1 Å². The van der Waals surface area contributed by atoms with Crippen molar-refractivity contribution in [3.63, 3.8) is 0 Å². The molecule has 0 saturated carbocycles. The van der Waals surface area contributed by atoms with Crippen molar-refractivity contribution in [1.82, 2.24) is 10.3 Å². The molecular formula is C17H19N3O4. The number of nitrogens with zero attached hydrogens (tertiary/aromatic N) is 1. The average molecular weight is 329 g/mol. The molecule has 2 aromatic rings. The summed E-state index contributed by atoms with van der Waals surface area (Å²) in [5.74, 6) is -0.0323. The molecule has 0 aliphatic carbocycles. The van der Waals surface area contributed by atoms with Crippen molar-refractivity contribution in [2.45, 2.75) is 0 Å². The summed E-state index contributed by atoms with van der Waals surface area (Å²) < 4.78 is 9.98. The minimum Gasteiger partial charge on any atom is -0.497 e. The summed E-state index contributed by atoms with van der Waals surface area (Å²) in [5.41, 5.74) is 1.19. The molecule has 0 saturated heterocycles. The van der Waals surface area contributed by atoms with Crippen molar-refractivity contribution in [2.24, 2.45) is 0 Å². The Morgan fingerprint density at radius 3 is 2.54 bits per heavy atom. The van der Waals surface area contributed by atoms with E-state index in [9.17, 15) is 9.59 Å². The molecule has 126 valence electrons. The maximum Gasteiger partial charge on any atom is 0.257 e. The second-order valence-electron chi connectivity index (χ2n) is 4.90. The summed E-state index contributed by atoms with van der Waals surface area (Å²) in [4.78, 5) is 28.2. The average Bonchev–Trinajstić information content (AvgIpc) is 2.62. The third-order valence-corrected chi connectivity index (χ3v) is 3.18. The van der Waals surface area contributed by atoms with Crippen LogP contribution in [0.15, 0.2) is 42.7 Å². The molecular weight excluding hydrogens is 310 g/mol. The number of pyridine rings is 1. The molecule has 0 bridgehead atoms. The second kappa shape index (κ2) is 8.64. The van der Waals surface area contributed by atoms with E-state index >= 15 is 0 Å². The van der Waals surface area contributed by atoms with Crippen molar-refractivity contribution in [3.05, 3.63) is 53.9 Å². The zero-order chi connectivity index (χ0) is 17.4. The number of aromatic nitrogens is 1. The minimum absolute atomic E-state index is 0.289. The van der Waals surface area contributed by atoms with Gasteiger partial charge in [0.25, 0.3) is 11.8 Å². The number of amides is 2. The molecule has 1 heterocycles. The number of ether oxygens (including phenoxy) is 2. The van der Waals surface area contributed by atoms with Crippen LogP contribution in [-0.4, -0.2) is 44.2 Å². The summed E-state index contributed by atoms with van der Waals surface area (Å²) in [6.45, 7) is 0.796. The van der Waals surface area contributed by atoms with Gasteiger partial charge in [-0.3, -0.25) is 14.6 Å². The lowest BCUT2D eigenvalue weighted by atomic mass is 10.2. The molecule has 7 nitrogen and oxygen atoms in total. The number of rotatable bonds is 7. The standard InChI is InChI=1S/C17H19N3O4/c1-23-7-6-19-16(21)12-8-13(11-18-10-12)17(22)20-14-4-3-5-15(9-14)24-2/h3-5,8-11H,6-7H2,1-2H3,(H,19,21)(H,20,22). The van der Waals surface area contributed by atoms with Gasteiger partial charge in [-0.15, -0.1) is 0 Å². The van der Waals surface area contributed by atoms with Gasteiger partial charge in [-0.25, -0.2) is 0 Å². The van der Waals surface area contributed by atoms with Crippen LogP contribution in [0, 0.1) is 0 Å². The number of benzene rings is 1. The van der Waals surface area contributed by atoms with Crippen LogP contribution in [0.1, 0.15) is 20.7 Å². The monoisotopic (exact) mass is 329 g/mol. The highest BCUT2D eigenvalue weighted by Crippen LogP contribution is 2.17. The van der Waals surface area contributed by atoms with Gasteiger partial charge < -0.3 is 20.1 Å². The molecule has 24 heavy (non-hydrogen) atoms. The summed E-state index contributed by atoms with van der Waals surface area (Å²) in [6, 6.07) is 8.49. The van der Waals surface area contributed by atoms with Crippen LogP contribution in [0.3, 0.4) is 0 Å². The van der Waals surface area contributed by atoms with Crippen LogP contribution in [0.2, 0.25) is 0 Å². The van der Waals surface area contributed by atoms with Gasteiger partial charge in [0.1, 0.15) is 5.75 Å². The Morgan fingerprint density at radius 2 is 1.83 bits per heavy atom. The third-order valence-electron chi connectivity index (χ3n) is 3.18. The van der Waals surface area contributed by atoms with Gasteiger partial charge in [0.2, 0.25) is 0 Å². The minimum atomic E-state index is -0.359. The topological polar surface area (TPSA) is 89.5 Å². The summed E-state index contributed by atoms with van der Waals surface area (Å²) in [5, 5.41) is 5.42. The maximum atomic E-state index is 12.3. The van der Waals surface area contributed by atoms with Crippen LogP contribution in [-0.2, 0) is 4.74 Å². The largest absolute Gasteiger partial charge is 0.497 e. The Labute approximate surface area is 140 Å². The van der Waals surface area contributed by atoms with Crippen molar-refractivity contribution >= 4 is 17.5 Å². The predicted octanol–water partition coefficient (Wildman–Crippen LogP) is 1.72. The van der Waals surface area contributed by atoms with E-state index in [1.165, 1.54) is 18.5 Å². The quantitative estimate of drug-likeness (QED) is 0.755. The van der Waals surface area contributed by atoms with Gasteiger partial charge >= 0.3 is 0 Å². The first-order valence-electron chi connectivity index (χ1n) is 7.31. The Bertz CT molecular complexity index is 718. The number of methoxy groups -OCH3 is 2. The van der Waals surface area contributed by atoms with Gasteiger partial charge in [0, 0.05) is 37.8 Å². The van der Waals surface area contributed by atoms with E-state index in [-0.39, 0.29) is 17.4 Å². The Balaban J connectivity index is 2.06. The molecule has 0 aliphatic heterocycles. The van der Waals surface area contributed by atoms with Crippen LogP contribution in [0.4, 0.5) is 5.69 Å². The lowest BCUT2D eigenvalue weighted by Crippen LogP contribution is -2.27. The van der Waals surface area contributed by atoms with Crippen LogP contribution >= 0.6 is 0 Å². The number of hydrogen-bond donors (Lipinski definition) is 2. The van der Waals surface area contributed by atoms with E-state index in [0.29, 0.717) is 30.2 Å². The van der Waals surface area contributed by atoms with Gasteiger partial charge in [0.05, 0.1) is 24.8 Å². The SMILES string of the molecule is COCCNC(=O)c1cncc(C(=O)Nc2cccc(OC)c2)c1. The van der Waals surface area contributed by atoms with Gasteiger partial charge in [0.15, 0.2) is 0 Å². The first kappa shape index (κ1) is 17.4. The number of anilines is 1. The summed E-state index contributed by atoms with van der Waals surface area (Å²) >= 11 is 0. The fraction of sp³-hybridized carbons (Fsp3) is 0.235. The highest BCUT2D eigenvalue weighted by molar-refractivity contribution is 6.05. The first-order chi connectivity index (χ1) is 11.6. The van der Waals surface area contributed by atoms with E-state index < -0.39 is 0 Å². The normalized spacial score (nSPS) is 10.1. The molecule has 1 aromatic heterocycles. The molecule has 2 amide bonds. The highest BCUT2D eigenvalue weighted by Gasteiger charge is 2.11. The Kier molecular flexibility index (Phi) is 6.27. The third kappa shape index (κ3) is 4.79. The van der Waals surface area contributed by atoms with Gasteiger partial charge in [-0.2, -0.15) is 0 Å². The molecule has 2 rings (SSSR count). The molecule has 2 N–H and O–H groups in total. The van der Waals surface area contributed by atoms with Crippen molar-refractivity contribution in [2.75, 3.05) is 32.7 Å². The van der Waals surface area contributed by atoms with E-state index in [4.69, 9.17) is 9.47 Å². The fourth-order valence-corrected chi connectivity index (χ4v) is 1.96. The van der Waals surface area contributed by atoms with E-state index in [1.807, 2.05) is 0 Å². The molecule has 0 atom stereocenters. The van der Waals surface area contributed by atoms with E-state index in [0.717, 1.165) is 0 Å². The maximum absolute atomic E-state index is 12.3. The number of carbonyl (C=O) groups is 2. The van der Waals surface area contributed by atoms with Crippen LogP contribution < -0.4 is 15.4 Å². The lowest BCUT2D eigenvalue weighted by molar-refractivity contribution is 0.0936. The van der Waals surface area contributed by atoms with Crippen LogP contribution in [0.5, 0.6) is 5.75 Å². The molecule has 0 radical (unpaired) electrons. The molecule has 7 heteroatoms. The molecule has 0 aliphatic rings. The van der Waals surface area contributed by atoms with Crippen LogP contribution in [0.25, 0.3) is 0 Å². The molecule has 1 aromatic carbocycles. The number of carbonyl (C=O) groups excluding carboxylic acids is 2. The number of hydrogen-bond acceptors (Lipinski definition) is 5. The van der Waals surface area contributed by atoms with Gasteiger partial charge in [-0.1, -0.05) is 6.07 Å². The smallest absolute Gasteiger partial charge is 0.257 e. The molecule has 0 fully saturated rings. The van der Waals surface area contributed by atoms with Gasteiger partial charge in [-0.05, 0) is 18.2 Å². The van der Waals surface area contributed by atoms with E-state index in [1.54, 1.807) is 38.5 Å². The fourth-order valence-electron chi connectivity index (χ4n) is 1.96. The predicted molar refractivity (Wildman–Crippen MR) is 89.4 cm³/mol. The second-order valence-corrected chi connectivity index (χ2v) is 4.90. The molecule has 0 spiro atoms. The van der Waals surface area contributed by atoms with E-state index in [2.05, 4.69) is 15.6 Å². The summed E-state index contributed by atoms with van der Waals surface area (Å²) in [6.07, 6.45) is 2.81. The summed E-state index contributed by atoms with van der Waals surface area (Å²) in [7, 11) is 3.10. The number of nitrogens with one attached hydrogen (secondary N) is 2. The first-order valence-corrected chi connectivity index (χ1v) is 7.31. The lowest BCUT2D eigenvalue weighted by Gasteiger charge is -2.08. The zero-order valence-corrected chi connectivity index (χ0v) is 13.5. The Hall–Kier alpha value is -2.93. The Morgan fingerprint density at radius 1 is 1.08 bits per heavy atom. The van der Waals surface area contributed by atoms with Crippen molar-refractivity contribution in [1.29, 1.82) is 0 Å². The molecule has 0 unspecified atom stereocenters. The van der Waals surface area contributed by atoms with Crippen molar-refractivity contribution in [3.8, 4) is 5.75 Å². The zero-order valence-electron chi connectivity index (χ0n) is 13.5. The highest BCUT2D eigenvalue weighted by atomic mass is 16.5.